The van der Waals surface area contributed by atoms with Gasteiger partial charge in [0.25, 0.3) is 0 Å². The van der Waals surface area contributed by atoms with Gasteiger partial charge in [-0.25, -0.2) is 0 Å². The molecule has 116 valence electrons. The van der Waals surface area contributed by atoms with E-state index in [2.05, 4.69) is 63.0 Å². The van der Waals surface area contributed by atoms with Gasteiger partial charge in [-0.2, -0.15) is 0 Å². The molecule has 0 amide bonds. The van der Waals surface area contributed by atoms with Crippen LogP contribution >= 0.6 is 0 Å². The molecule has 0 saturated heterocycles. The predicted octanol–water partition coefficient (Wildman–Crippen LogP) is 3.86. The second-order valence-corrected chi connectivity index (χ2v) is 6.26. The molecular formula is C17H32N2O. The summed E-state index contributed by atoms with van der Waals surface area (Å²) in [6.07, 6.45) is 5.56. The maximum atomic E-state index is 5.68. The van der Waals surface area contributed by atoms with E-state index in [9.17, 15) is 0 Å². The Balaban J connectivity index is 2.38. The van der Waals surface area contributed by atoms with E-state index in [-0.39, 0.29) is 0 Å². The summed E-state index contributed by atoms with van der Waals surface area (Å²) in [5.74, 6) is 1.33. The molecule has 1 aromatic heterocycles. The zero-order valence-corrected chi connectivity index (χ0v) is 13.9. The van der Waals surface area contributed by atoms with E-state index < -0.39 is 0 Å². The van der Waals surface area contributed by atoms with Crippen molar-refractivity contribution in [3.63, 3.8) is 0 Å². The summed E-state index contributed by atoms with van der Waals surface area (Å²) in [5.41, 5.74) is 1.38. The van der Waals surface area contributed by atoms with E-state index in [4.69, 9.17) is 4.74 Å². The standard InChI is InChI=1S/C17H32N2O/c1-6-18-17(15(4)5)16-7-9-19(13-16)10-12-20-11-8-14(2)3/h7,9,13-15,17-18H,6,8,10-12H2,1-5H3. The van der Waals surface area contributed by atoms with Crippen LogP contribution in [0.1, 0.15) is 52.6 Å². The van der Waals surface area contributed by atoms with Crippen molar-refractivity contribution in [2.45, 2.75) is 53.6 Å². The lowest BCUT2D eigenvalue weighted by Crippen LogP contribution is -2.25. The Morgan fingerprint density at radius 1 is 1.20 bits per heavy atom. The van der Waals surface area contributed by atoms with Crippen LogP contribution in [0.3, 0.4) is 0 Å². The minimum atomic E-state index is 0.447. The lowest BCUT2D eigenvalue weighted by atomic mass is 9.98. The van der Waals surface area contributed by atoms with Crippen molar-refractivity contribution in [2.24, 2.45) is 11.8 Å². The molecule has 0 fully saturated rings. The first kappa shape index (κ1) is 17.3. The van der Waals surface area contributed by atoms with Crippen molar-refractivity contribution in [3.05, 3.63) is 24.0 Å². The summed E-state index contributed by atoms with van der Waals surface area (Å²) < 4.78 is 7.91. The second-order valence-electron chi connectivity index (χ2n) is 6.26. The van der Waals surface area contributed by atoms with E-state index in [0.717, 1.165) is 38.6 Å². The van der Waals surface area contributed by atoms with Gasteiger partial charge in [0, 0.05) is 31.6 Å². The van der Waals surface area contributed by atoms with Crippen molar-refractivity contribution < 1.29 is 4.74 Å². The average Bonchev–Trinajstić information content (AvgIpc) is 2.83. The molecule has 0 aliphatic carbocycles. The topological polar surface area (TPSA) is 26.2 Å². The summed E-state index contributed by atoms with van der Waals surface area (Å²) in [6.45, 7) is 14.8. The highest BCUT2D eigenvalue weighted by atomic mass is 16.5. The van der Waals surface area contributed by atoms with E-state index in [1.165, 1.54) is 5.56 Å². The average molecular weight is 280 g/mol. The molecule has 1 atom stereocenters. The summed E-state index contributed by atoms with van der Waals surface area (Å²) >= 11 is 0. The first-order valence-electron chi connectivity index (χ1n) is 8.01. The van der Waals surface area contributed by atoms with Gasteiger partial charge in [0.05, 0.1) is 6.61 Å². The molecule has 20 heavy (non-hydrogen) atoms. The van der Waals surface area contributed by atoms with Crippen LogP contribution in [-0.2, 0) is 11.3 Å². The smallest absolute Gasteiger partial charge is 0.0645 e. The van der Waals surface area contributed by atoms with Crippen LogP contribution in [0.15, 0.2) is 18.5 Å². The van der Waals surface area contributed by atoms with Crippen molar-refractivity contribution in [3.8, 4) is 0 Å². The largest absolute Gasteiger partial charge is 0.380 e. The van der Waals surface area contributed by atoms with Crippen molar-refractivity contribution in [2.75, 3.05) is 19.8 Å². The van der Waals surface area contributed by atoms with Gasteiger partial charge >= 0.3 is 0 Å². The molecule has 0 spiro atoms. The summed E-state index contributed by atoms with van der Waals surface area (Å²) in [6, 6.07) is 2.67. The molecule has 1 heterocycles. The zero-order valence-electron chi connectivity index (χ0n) is 13.9. The molecule has 1 unspecified atom stereocenters. The van der Waals surface area contributed by atoms with E-state index in [1.54, 1.807) is 0 Å². The van der Waals surface area contributed by atoms with Crippen LogP contribution in [-0.4, -0.2) is 24.3 Å². The number of nitrogens with one attached hydrogen (secondary N) is 1. The molecule has 0 radical (unpaired) electrons. The van der Waals surface area contributed by atoms with E-state index >= 15 is 0 Å². The third-order valence-electron chi connectivity index (χ3n) is 3.56. The van der Waals surface area contributed by atoms with Gasteiger partial charge in [-0.3, -0.25) is 0 Å². The Kier molecular flexibility index (Phi) is 7.93. The Morgan fingerprint density at radius 3 is 2.55 bits per heavy atom. The van der Waals surface area contributed by atoms with Gasteiger partial charge in [-0.1, -0.05) is 34.6 Å². The van der Waals surface area contributed by atoms with E-state index in [0.29, 0.717) is 12.0 Å². The van der Waals surface area contributed by atoms with Gasteiger partial charge in [0.2, 0.25) is 0 Å². The van der Waals surface area contributed by atoms with Crippen LogP contribution in [0.4, 0.5) is 0 Å². The maximum absolute atomic E-state index is 5.68. The van der Waals surface area contributed by atoms with Crippen LogP contribution < -0.4 is 5.32 Å². The summed E-state index contributed by atoms with van der Waals surface area (Å²) in [5, 5.41) is 3.56. The summed E-state index contributed by atoms with van der Waals surface area (Å²) in [7, 11) is 0. The number of aromatic nitrogens is 1. The van der Waals surface area contributed by atoms with Crippen molar-refractivity contribution in [1.29, 1.82) is 0 Å². The molecule has 3 nitrogen and oxygen atoms in total. The second kappa shape index (κ2) is 9.19. The third kappa shape index (κ3) is 6.10. The van der Waals surface area contributed by atoms with E-state index in [1.807, 2.05) is 0 Å². The fraction of sp³-hybridized carbons (Fsp3) is 0.765. The van der Waals surface area contributed by atoms with Gasteiger partial charge < -0.3 is 14.6 Å². The highest BCUT2D eigenvalue weighted by Gasteiger charge is 2.15. The van der Waals surface area contributed by atoms with Crippen molar-refractivity contribution in [1.82, 2.24) is 9.88 Å². The Hall–Kier alpha value is -0.800. The lowest BCUT2D eigenvalue weighted by molar-refractivity contribution is 0.116. The number of hydrogen-bond donors (Lipinski definition) is 1. The summed E-state index contributed by atoms with van der Waals surface area (Å²) in [4.78, 5) is 0. The molecule has 1 rings (SSSR count). The minimum absolute atomic E-state index is 0.447. The number of rotatable bonds is 10. The normalized spacial score (nSPS) is 13.3. The SMILES string of the molecule is CCNC(c1ccn(CCOCCC(C)C)c1)C(C)C. The molecule has 0 aliphatic heterocycles. The van der Waals surface area contributed by atoms with Gasteiger partial charge in [-0.15, -0.1) is 0 Å². The first-order chi connectivity index (χ1) is 9.54. The third-order valence-corrected chi connectivity index (χ3v) is 3.56. The fourth-order valence-electron chi connectivity index (χ4n) is 2.33. The van der Waals surface area contributed by atoms with Crippen LogP contribution in [0, 0.1) is 11.8 Å². The zero-order chi connectivity index (χ0) is 15.0. The molecule has 1 N–H and O–H groups in total. The van der Waals surface area contributed by atoms with Crippen LogP contribution in [0.2, 0.25) is 0 Å². The minimum Gasteiger partial charge on any atom is -0.380 e. The molecule has 0 bridgehead atoms. The maximum Gasteiger partial charge on any atom is 0.0645 e. The molecule has 0 aliphatic rings. The van der Waals surface area contributed by atoms with Gasteiger partial charge in [-0.05, 0) is 36.4 Å². The Bertz CT molecular complexity index is 358. The monoisotopic (exact) mass is 280 g/mol. The molecule has 1 aromatic rings. The van der Waals surface area contributed by atoms with Gasteiger partial charge in [0.15, 0.2) is 0 Å². The Labute approximate surface area is 124 Å². The lowest BCUT2D eigenvalue weighted by Gasteiger charge is -2.20. The highest BCUT2D eigenvalue weighted by Crippen LogP contribution is 2.21. The molecule has 0 saturated carbocycles. The molecule has 0 aromatic carbocycles. The number of hydrogen-bond acceptors (Lipinski definition) is 2. The molecular weight excluding hydrogens is 248 g/mol. The van der Waals surface area contributed by atoms with Crippen LogP contribution in [0.5, 0.6) is 0 Å². The van der Waals surface area contributed by atoms with Crippen LogP contribution in [0.25, 0.3) is 0 Å². The van der Waals surface area contributed by atoms with Crippen molar-refractivity contribution >= 4 is 0 Å². The fourth-order valence-corrected chi connectivity index (χ4v) is 2.33. The predicted molar refractivity (Wildman–Crippen MR) is 86.0 cm³/mol. The quantitative estimate of drug-likeness (QED) is 0.659. The number of nitrogens with zero attached hydrogens (tertiary/aromatic N) is 1. The highest BCUT2D eigenvalue weighted by molar-refractivity contribution is 5.16. The Morgan fingerprint density at radius 2 is 1.95 bits per heavy atom. The van der Waals surface area contributed by atoms with Gasteiger partial charge in [0.1, 0.15) is 0 Å². The molecule has 3 heteroatoms. The first-order valence-corrected chi connectivity index (χ1v) is 8.01. The number of ether oxygens (including phenoxy) is 1.